The van der Waals surface area contributed by atoms with E-state index in [0.717, 1.165) is 12.8 Å². The summed E-state index contributed by atoms with van der Waals surface area (Å²) in [4.78, 5) is 14.5. The van der Waals surface area contributed by atoms with Gasteiger partial charge in [-0.05, 0) is 55.0 Å². The summed E-state index contributed by atoms with van der Waals surface area (Å²) in [5.74, 6) is 1.82. The lowest BCUT2D eigenvalue weighted by Gasteiger charge is -2.33. The largest absolute Gasteiger partial charge is 0.299 e. The third-order valence-corrected chi connectivity index (χ3v) is 6.19. The minimum absolute atomic E-state index is 0.229. The van der Waals surface area contributed by atoms with Crippen molar-refractivity contribution in [3.8, 4) is 0 Å². The lowest BCUT2D eigenvalue weighted by atomic mass is 9.70. The monoisotopic (exact) mass is 276 g/mol. The predicted octanol–water partition coefficient (Wildman–Crippen LogP) is 4.95. The van der Waals surface area contributed by atoms with E-state index in [4.69, 9.17) is 0 Å². The molecule has 0 spiro atoms. The van der Waals surface area contributed by atoms with Gasteiger partial charge in [0, 0.05) is 16.7 Å². The van der Waals surface area contributed by atoms with Crippen LogP contribution in [0.2, 0.25) is 0 Å². The molecule has 0 saturated heterocycles. The third kappa shape index (κ3) is 2.52. The van der Waals surface area contributed by atoms with Crippen LogP contribution in [0.3, 0.4) is 0 Å². The number of rotatable bonds is 3. The summed E-state index contributed by atoms with van der Waals surface area (Å²) in [6, 6.07) is 2.21. The summed E-state index contributed by atoms with van der Waals surface area (Å²) in [7, 11) is 0. The Morgan fingerprint density at radius 2 is 2.11 bits per heavy atom. The number of carbonyl (C=O) groups is 1. The van der Waals surface area contributed by atoms with E-state index in [-0.39, 0.29) is 5.92 Å². The van der Waals surface area contributed by atoms with Gasteiger partial charge < -0.3 is 0 Å². The van der Waals surface area contributed by atoms with Crippen molar-refractivity contribution in [2.24, 2.45) is 11.8 Å². The molecule has 1 fully saturated rings. The Kier molecular flexibility index (Phi) is 4.07. The van der Waals surface area contributed by atoms with Gasteiger partial charge in [-0.15, -0.1) is 11.3 Å². The van der Waals surface area contributed by atoms with E-state index in [1.165, 1.54) is 49.0 Å². The molecule has 1 aromatic heterocycles. The minimum Gasteiger partial charge on any atom is -0.299 e. The van der Waals surface area contributed by atoms with Crippen molar-refractivity contribution in [2.75, 3.05) is 0 Å². The molecule has 1 nitrogen and oxygen atoms in total. The molecule has 1 saturated carbocycles. The molecule has 1 aromatic rings. The fraction of sp³-hybridized carbons (Fsp3) is 0.706. The Morgan fingerprint density at radius 1 is 1.26 bits per heavy atom. The van der Waals surface area contributed by atoms with Crippen LogP contribution in [0.1, 0.15) is 68.2 Å². The normalized spacial score (nSPS) is 30.9. The standard InChI is InChI=1S/C17H24OS/c1-2-12-6-3-4-7-13(12)17(18)15-8-5-9-16-14(15)10-11-19-16/h10-13,15H,2-9H2,1H3. The van der Waals surface area contributed by atoms with E-state index < -0.39 is 0 Å². The van der Waals surface area contributed by atoms with Crippen LogP contribution in [-0.4, -0.2) is 5.78 Å². The molecule has 0 radical (unpaired) electrons. The minimum atomic E-state index is 0.229. The second-order valence-corrected chi connectivity index (χ2v) is 7.21. The van der Waals surface area contributed by atoms with E-state index in [1.807, 2.05) is 11.3 Å². The van der Waals surface area contributed by atoms with Gasteiger partial charge in [0.15, 0.2) is 0 Å². The number of hydrogen-bond acceptors (Lipinski definition) is 2. The molecule has 104 valence electrons. The van der Waals surface area contributed by atoms with Crippen LogP contribution in [0.5, 0.6) is 0 Å². The molecule has 2 heteroatoms. The SMILES string of the molecule is CCC1CCCCC1C(=O)C1CCCc2sccc21. The highest BCUT2D eigenvalue weighted by Gasteiger charge is 2.36. The average molecular weight is 276 g/mol. The highest BCUT2D eigenvalue weighted by atomic mass is 32.1. The summed E-state index contributed by atoms with van der Waals surface area (Å²) >= 11 is 1.85. The molecular formula is C17H24OS. The van der Waals surface area contributed by atoms with E-state index in [9.17, 15) is 4.79 Å². The number of ketones is 1. The molecule has 0 N–H and O–H groups in total. The van der Waals surface area contributed by atoms with Crippen LogP contribution >= 0.6 is 11.3 Å². The molecular weight excluding hydrogens is 252 g/mol. The zero-order chi connectivity index (χ0) is 13.2. The van der Waals surface area contributed by atoms with E-state index in [0.29, 0.717) is 17.6 Å². The molecule has 2 aliphatic rings. The first kappa shape index (κ1) is 13.4. The van der Waals surface area contributed by atoms with E-state index >= 15 is 0 Å². The first-order chi connectivity index (χ1) is 9.31. The van der Waals surface area contributed by atoms with Crippen molar-refractivity contribution in [1.29, 1.82) is 0 Å². The Morgan fingerprint density at radius 3 is 2.95 bits per heavy atom. The second-order valence-electron chi connectivity index (χ2n) is 6.21. The Hall–Kier alpha value is -0.630. The number of Topliss-reactive ketones (excluding diaryl/α,β-unsaturated/α-hetero) is 1. The molecule has 2 aliphatic carbocycles. The predicted molar refractivity (Wildman–Crippen MR) is 80.7 cm³/mol. The van der Waals surface area contributed by atoms with Crippen molar-refractivity contribution in [2.45, 2.75) is 64.2 Å². The summed E-state index contributed by atoms with van der Waals surface area (Å²) in [6.45, 7) is 2.26. The lowest BCUT2D eigenvalue weighted by molar-refractivity contribution is -0.127. The fourth-order valence-electron chi connectivity index (χ4n) is 4.11. The molecule has 0 amide bonds. The molecule has 19 heavy (non-hydrogen) atoms. The number of hydrogen-bond donors (Lipinski definition) is 0. The summed E-state index contributed by atoms with van der Waals surface area (Å²) in [5.41, 5.74) is 1.38. The number of thiophene rings is 1. The lowest BCUT2D eigenvalue weighted by Crippen LogP contribution is -2.32. The number of aryl methyl sites for hydroxylation is 1. The van der Waals surface area contributed by atoms with Crippen LogP contribution in [0, 0.1) is 11.8 Å². The van der Waals surface area contributed by atoms with Crippen molar-refractivity contribution in [3.05, 3.63) is 21.9 Å². The average Bonchev–Trinajstić information content (AvgIpc) is 2.94. The maximum absolute atomic E-state index is 13.0. The van der Waals surface area contributed by atoms with Crippen LogP contribution < -0.4 is 0 Å². The zero-order valence-corrected chi connectivity index (χ0v) is 12.7. The summed E-state index contributed by atoms with van der Waals surface area (Å²) in [5, 5.41) is 2.18. The molecule has 0 aromatic carbocycles. The topological polar surface area (TPSA) is 17.1 Å². The molecule has 3 atom stereocenters. The smallest absolute Gasteiger partial charge is 0.143 e. The van der Waals surface area contributed by atoms with Gasteiger partial charge in [0.1, 0.15) is 5.78 Å². The van der Waals surface area contributed by atoms with Gasteiger partial charge in [-0.2, -0.15) is 0 Å². The second kappa shape index (κ2) is 5.78. The number of carbonyl (C=O) groups excluding carboxylic acids is 1. The van der Waals surface area contributed by atoms with Gasteiger partial charge in [-0.25, -0.2) is 0 Å². The van der Waals surface area contributed by atoms with Crippen molar-refractivity contribution in [3.63, 3.8) is 0 Å². The Balaban J connectivity index is 1.81. The maximum atomic E-state index is 13.0. The van der Waals surface area contributed by atoms with E-state index in [2.05, 4.69) is 18.4 Å². The first-order valence-corrected chi connectivity index (χ1v) is 8.79. The van der Waals surface area contributed by atoms with Crippen molar-refractivity contribution < 1.29 is 4.79 Å². The van der Waals surface area contributed by atoms with Gasteiger partial charge in [0.25, 0.3) is 0 Å². The van der Waals surface area contributed by atoms with E-state index in [1.54, 1.807) is 0 Å². The first-order valence-electron chi connectivity index (χ1n) is 7.91. The zero-order valence-electron chi connectivity index (χ0n) is 11.9. The Labute approximate surface area is 120 Å². The van der Waals surface area contributed by atoms with Crippen LogP contribution in [0.25, 0.3) is 0 Å². The van der Waals surface area contributed by atoms with Gasteiger partial charge >= 0.3 is 0 Å². The van der Waals surface area contributed by atoms with Crippen LogP contribution in [-0.2, 0) is 11.2 Å². The molecule has 1 heterocycles. The van der Waals surface area contributed by atoms with Gasteiger partial charge in [0.2, 0.25) is 0 Å². The maximum Gasteiger partial charge on any atom is 0.143 e. The van der Waals surface area contributed by atoms with Gasteiger partial charge in [0.05, 0.1) is 0 Å². The molecule has 0 bridgehead atoms. The molecule has 3 unspecified atom stereocenters. The highest BCUT2D eigenvalue weighted by molar-refractivity contribution is 7.10. The van der Waals surface area contributed by atoms with Crippen molar-refractivity contribution >= 4 is 17.1 Å². The van der Waals surface area contributed by atoms with Gasteiger partial charge in [-0.3, -0.25) is 4.79 Å². The fourth-order valence-corrected chi connectivity index (χ4v) is 5.10. The molecule has 0 aliphatic heterocycles. The summed E-state index contributed by atoms with van der Waals surface area (Å²) in [6.07, 6.45) is 9.68. The Bertz CT molecular complexity index is 448. The highest BCUT2D eigenvalue weighted by Crippen LogP contribution is 2.41. The third-order valence-electron chi connectivity index (χ3n) is 5.19. The van der Waals surface area contributed by atoms with Crippen LogP contribution in [0.15, 0.2) is 11.4 Å². The summed E-state index contributed by atoms with van der Waals surface area (Å²) < 4.78 is 0. The van der Waals surface area contributed by atoms with Crippen LogP contribution in [0.4, 0.5) is 0 Å². The van der Waals surface area contributed by atoms with Crippen molar-refractivity contribution in [1.82, 2.24) is 0 Å². The van der Waals surface area contributed by atoms with Gasteiger partial charge in [-0.1, -0.05) is 26.2 Å². The quantitative estimate of drug-likeness (QED) is 0.763. The molecule has 3 rings (SSSR count). The number of fused-ring (bicyclic) bond motifs is 1.